The Bertz CT molecular complexity index is 1570. The van der Waals surface area contributed by atoms with Crippen LogP contribution in [0.25, 0.3) is 0 Å². The van der Waals surface area contributed by atoms with Gasteiger partial charge in [-0.3, -0.25) is 0 Å². The molecule has 7 heteroatoms. The van der Waals surface area contributed by atoms with Crippen LogP contribution in [0.4, 0.5) is 0 Å². The first-order valence-electron chi connectivity index (χ1n) is 15.6. The summed E-state index contributed by atoms with van der Waals surface area (Å²) in [4.78, 5) is 14.6. The van der Waals surface area contributed by atoms with Crippen molar-refractivity contribution in [3.05, 3.63) is 174 Å². The molecule has 4 atom stereocenters. The molecule has 0 radical (unpaired) electrons. The molecular formula is C40H40O6S. The molecule has 5 aromatic rings. The van der Waals surface area contributed by atoms with Gasteiger partial charge < -0.3 is 23.7 Å². The van der Waals surface area contributed by atoms with Crippen LogP contribution >= 0.6 is 11.8 Å². The van der Waals surface area contributed by atoms with Crippen LogP contribution in [0.15, 0.2) is 157 Å². The quantitative estimate of drug-likeness (QED) is 0.0538. The molecule has 0 amide bonds. The van der Waals surface area contributed by atoms with Crippen LogP contribution in [-0.2, 0) is 43.5 Å². The lowest BCUT2D eigenvalue weighted by molar-refractivity contribution is -0.167. The van der Waals surface area contributed by atoms with Crippen molar-refractivity contribution >= 4 is 17.7 Å². The Hall–Kier alpha value is -4.24. The molecule has 0 bridgehead atoms. The standard InChI is InChI=1S/C40H40O6S/c1-42-40(47-35-25-15-6-16-26-35)38(45-29-33-21-11-4-12-22-33)37(44-28-32-19-9-3-10-20-32)36(30-43-27-31-17-7-2-8-18-31)46-39(41)34-23-13-5-14-24-34/h2-26,36-38,40H,27-30H2,1H3/t36-,37+,38+,40+/m1/s1. The van der Waals surface area contributed by atoms with Crippen molar-refractivity contribution in [3.63, 3.8) is 0 Å². The van der Waals surface area contributed by atoms with E-state index in [2.05, 4.69) is 0 Å². The number of carbonyl (C=O) groups is 1. The predicted octanol–water partition coefficient (Wildman–Crippen LogP) is 8.36. The van der Waals surface area contributed by atoms with Gasteiger partial charge in [0.05, 0.1) is 32.0 Å². The molecule has 0 aliphatic heterocycles. The number of carbonyl (C=O) groups excluding carboxylic acids is 1. The van der Waals surface area contributed by atoms with E-state index in [9.17, 15) is 4.79 Å². The van der Waals surface area contributed by atoms with Crippen molar-refractivity contribution < 1.29 is 28.5 Å². The summed E-state index contributed by atoms with van der Waals surface area (Å²) in [5, 5.41) is 0. The van der Waals surface area contributed by atoms with E-state index in [4.69, 9.17) is 23.7 Å². The molecule has 0 aliphatic rings. The lowest BCUT2D eigenvalue weighted by Gasteiger charge is -2.36. The highest BCUT2D eigenvalue weighted by atomic mass is 32.2. The largest absolute Gasteiger partial charge is 0.453 e. The summed E-state index contributed by atoms with van der Waals surface area (Å²) in [5.74, 6) is -0.473. The van der Waals surface area contributed by atoms with Crippen LogP contribution < -0.4 is 0 Å². The van der Waals surface area contributed by atoms with Crippen molar-refractivity contribution in [1.82, 2.24) is 0 Å². The Morgan fingerprint density at radius 2 is 1.02 bits per heavy atom. The van der Waals surface area contributed by atoms with Gasteiger partial charge in [-0.2, -0.15) is 0 Å². The summed E-state index contributed by atoms with van der Waals surface area (Å²) in [6.07, 6.45) is -2.29. The SMILES string of the molecule is CO[C@@H](Sc1ccccc1)[C@@H](OCc1ccccc1)[C@@H](OCc1ccccc1)[C@@H](COCc1ccccc1)OC(=O)c1ccccc1. The van der Waals surface area contributed by atoms with Gasteiger partial charge in [-0.1, -0.05) is 139 Å². The Kier molecular flexibility index (Phi) is 13.6. The molecule has 47 heavy (non-hydrogen) atoms. The lowest BCUT2D eigenvalue weighted by Crippen LogP contribution is -2.50. The van der Waals surface area contributed by atoms with Gasteiger partial charge in [0.1, 0.15) is 17.6 Å². The third-order valence-electron chi connectivity index (χ3n) is 7.42. The second kappa shape index (κ2) is 18.8. The third-order valence-corrected chi connectivity index (χ3v) is 8.66. The molecule has 5 rings (SSSR count). The molecule has 0 saturated carbocycles. The highest BCUT2D eigenvalue weighted by Gasteiger charge is 2.40. The topological polar surface area (TPSA) is 63.2 Å². The highest BCUT2D eigenvalue weighted by Crippen LogP contribution is 2.32. The third kappa shape index (κ3) is 10.9. The zero-order chi connectivity index (χ0) is 32.5. The van der Waals surface area contributed by atoms with E-state index >= 15 is 0 Å². The van der Waals surface area contributed by atoms with Crippen LogP contribution in [-0.4, -0.2) is 43.4 Å². The first-order chi connectivity index (χ1) is 23.2. The average molecular weight is 649 g/mol. The summed E-state index contributed by atoms with van der Waals surface area (Å²) in [6, 6.07) is 48.7. The predicted molar refractivity (Wildman–Crippen MR) is 185 cm³/mol. The number of hydrogen-bond donors (Lipinski definition) is 0. The Morgan fingerprint density at radius 3 is 1.53 bits per heavy atom. The zero-order valence-electron chi connectivity index (χ0n) is 26.4. The molecule has 0 N–H and O–H groups in total. The van der Waals surface area contributed by atoms with E-state index in [0.29, 0.717) is 18.8 Å². The molecule has 0 saturated heterocycles. The maximum absolute atomic E-state index is 13.6. The molecule has 0 aromatic heterocycles. The maximum Gasteiger partial charge on any atom is 0.338 e. The minimum Gasteiger partial charge on any atom is -0.453 e. The monoisotopic (exact) mass is 648 g/mol. The van der Waals surface area contributed by atoms with E-state index in [1.807, 2.05) is 140 Å². The van der Waals surface area contributed by atoms with Gasteiger partial charge in [0, 0.05) is 12.0 Å². The summed E-state index contributed by atoms with van der Waals surface area (Å²) in [5.41, 5.74) is 2.90. The Balaban J connectivity index is 1.50. The van der Waals surface area contributed by atoms with E-state index < -0.39 is 29.7 Å². The van der Waals surface area contributed by atoms with Crippen molar-refractivity contribution in [2.75, 3.05) is 13.7 Å². The van der Waals surface area contributed by atoms with Crippen molar-refractivity contribution in [3.8, 4) is 0 Å². The summed E-state index contributed by atoms with van der Waals surface area (Å²) >= 11 is 1.53. The molecule has 0 spiro atoms. The molecule has 0 unspecified atom stereocenters. The number of benzene rings is 5. The fourth-order valence-corrected chi connectivity index (χ4v) is 6.05. The first-order valence-corrected chi connectivity index (χ1v) is 16.5. The molecule has 242 valence electrons. The number of hydrogen-bond acceptors (Lipinski definition) is 7. The van der Waals surface area contributed by atoms with Crippen molar-refractivity contribution in [1.29, 1.82) is 0 Å². The number of rotatable bonds is 18. The average Bonchev–Trinajstić information content (AvgIpc) is 3.14. The minimum atomic E-state index is -0.843. The minimum absolute atomic E-state index is 0.0740. The lowest BCUT2D eigenvalue weighted by atomic mass is 10.1. The van der Waals surface area contributed by atoms with Crippen molar-refractivity contribution in [2.45, 2.75) is 48.5 Å². The van der Waals surface area contributed by atoms with Crippen LogP contribution in [0.3, 0.4) is 0 Å². The van der Waals surface area contributed by atoms with E-state index in [-0.39, 0.29) is 13.2 Å². The zero-order valence-corrected chi connectivity index (χ0v) is 27.2. The van der Waals surface area contributed by atoms with Crippen LogP contribution in [0.5, 0.6) is 0 Å². The summed E-state index contributed by atoms with van der Waals surface area (Å²) in [7, 11) is 1.66. The molecule has 0 aliphatic carbocycles. The normalized spacial score (nSPS) is 13.7. The van der Waals surface area contributed by atoms with Gasteiger partial charge in [0.25, 0.3) is 0 Å². The highest BCUT2D eigenvalue weighted by molar-refractivity contribution is 7.99. The van der Waals surface area contributed by atoms with Gasteiger partial charge >= 0.3 is 5.97 Å². The second-order valence-corrected chi connectivity index (χ2v) is 12.0. The van der Waals surface area contributed by atoms with Crippen LogP contribution in [0.2, 0.25) is 0 Å². The maximum atomic E-state index is 13.6. The Labute approximate surface area is 281 Å². The number of esters is 1. The van der Waals surface area contributed by atoms with Gasteiger partial charge in [-0.25, -0.2) is 4.79 Å². The molecule has 6 nitrogen and oxygen atoms in total. The second-order valence-electron chi connectivity index (χ2n) is 10.9. The fraction of sp³-hybridized carbons (Fsp3) is 0.225. The summed E-state index contributed by atoms with van der Waals surface area (Å²) < 4.78 is 32.1. The van der Waals surface area contributed by atoms with E-state index in [0.717, 1.165) is 21.6 Å². The number of thioether (sulfide) groups is 1. The van der Waals surface area contributed by atoms with Gasteiger partial charge in [0.2, 0.25) is 0 Å². The van der Waals surface area contributed by atoms with Gasteiger partial charge in [-0.15, -0.1) is 0 Å². The van der Waals surface area contributed by atoms with Gasteiger partial charge in [-0.05, 0) is 41.0 Å². The molecular weight excluding hydrogens is 609 g/mol. The number of methoxy groups -OCH3 is 1. The van der Waals surface area contributed by atoms with Gasteiger partial charge in [0.15, 0.2) is 6.10 Å². The van der Waals surface area contributed by atoms with Crippen LogP contribution in [0.1, 0.15) is 27.0 Å². The van der Waals surface area contributed by atoms with E-state index in [1.54, 1.807) is 19.2 Å². The summed E-state index contributed by atoms with van der Waals surface area (Å²) in [6.45, 7) is 0.982. The Morgan fingerprint density at radius 1 is 0.574 bits per heavy atom. The molecule has 0 fully saturated rings. The van der Waals surface area contributed by atoms with E-state index in [1.165, 1.54) is 11.8 Å². The smallest absolute Gasteiger partial charge is 0.338 e. The van der Waals surface area contributed by atoms with Crippen molar-refractivity contribution in [2.24, 2.45) is 0 Å². The number of ether oxygens (including phenoxy) is 5. The fourth-order valence-electron chi connectivity index (χ4n) is 5.00. The van der Waals surface area contributed by atoms with Crippen LogP contribution in [0, 0.1) is 0 Å². The molecule has 5 aromatic carbocycles. The molecule has 0 heterocycles. The first kappa shape index (κ1) is 34.1.